The molecule has 1 heterocycles. The lowest BCUT2D eigenvalue weighted by molar-refractivity contribution is -0.384. The summed E-state index contributed by atoms with van der Waals surface area (Å²) in [5.41, 5.74) is 3.33. The van der Waals surface area contributed by atoms with Crippen LogP contribution in [0.25, 0.3) is 0 Å². The van der Waals surface area contributed by atoms with Gasteiger partial charge in [-0.3, -0.25) is 14.9 Å². The van der Waals surface area contributed by atoms with Crippen molar-refractivity contribution in [2.24, 2.45) is 0 Å². The molecule has 0 aliphatic carbocycles. The topological polar surface area (TPSA) is 104 Å². The second-order valence-electron chi connectivity index (χ2n) is 8.14. The highest BCUT2D eigenvalue weighted by Crippen LogP contribution is 2.30. The molecule has 0 bridgehead atoms. The number of nitrogens with one attached hydrogen (secondary N) is 1. The molecule has 0 atom stereocenters. The second-order valence-corrected chi connectivity index (χ2v) is 8.14. The van der Waals surface area contributed by atoms with Gasteiger partial charge in [-0.15, -0.1) is 0 Å². The SMILES string of the molecule is Cc1ccc(Oc2cc(NC(=O)c3ccc(COc4ccc(C)c(C)c4)o3)cc([N+](=O)[O-])c2)cc1. The molecule has 0 spiro atoms. The number of benzene rings is 3. The fourth-order valence-corrected chi connectivity index (χ4v) is 3.29. The summed E-state index contributed by atoms with van der Waals surface area (Å²) in [5.74, 6) is 1.41. The van der Waals surface area contributed by atoms with Gasteiger partial charge in [0.25, 0.3) is 11.6 Å². The van der Waals surface area contributed by atoms with E-state index in [-0.39, 0.29) is 29.5 Å². The van der Waals surface area contributed by atoms with E-state index in [9.17, 15) is 14.9 Å². The molecule has 0 unspecified atom stereocenters. The number of hydrogen-bond donors (Lipinski definition) is 1. The summed E-state index contributed by atoms with van der Waals surface area (Å²) in [7, 11) is 0. The summed E-state index contributed by atoms with van der Waals surface area (Å²) in [6.07, 6.45) is 0. The number of nitrogens with zero attached hydrogens (tertiary/aromatic N) is 1. The van der Waals surface area contributed by atoms with Gasteiger partial charge in [0.1, 0.15) is 29.6 Å². The van der Waals surface area contributed by atoms with E-state index >= 15 is 0 Å². The number of carbonyl (C=O) groups excluding carboxylic acids is 1. The van der Waals surface area contributed by atoms with Crippen LogP contribution in [-0.2, 0) is 6.61 Å². The lowest BCUT2D eigenvalue weighted by Crippen LogP contribution is -2.11. The Morgan fingerprint density at radius 1 is 0.886 bits per heavy atom. The molecule has 0 saturated heterocycles. The van der Waals surface area contributed by atoms with Gasteiger partial charge in [-0.25, -0.2) is 0 Å². The predicted molar refractivity (Wildman–Crippen MR) is 131 cm³/mol. The first-order valence-electron chi connectivity index (χ1n) is 10.9. The first kappa shape index (κ1) is 23.6. The summed E-state index contributed by atoms with van der Waals surface area (Å²) in [5, 5.41) is 14.0. The average Bonchev–Trinajstić information content (AvgIpc) is 3.30. The highest BCUT2D eigenvalue weighted by molar-refractivity contribution is 6.02. The van der Waals surface area contributed by atoms with Crippen LogP contribution in [0.4, 0.5) is 11.4 Å². The van der Waals surface area contributed by atoms with Gasteiger partial charge in [0.05, 0.1) is 16.7 Å². The van der Waals surface area contributed by atoms with Gasteiger partial charge in [0.15, 0.2) is 5.76 Å². The molecule has 0 aliphatic rings. The molecule has 4 rings (SSSR count). The molecule has 4 aromatic rings. The fourth-order valence-electron chi connectivity index (χ4n) is 3.29. The van der Waals surface area contributed by atoms with E-state index in [2.05, 4.69) is 5.32 Å². The first-order chi connectivity index (χ1) is 16.8. The van der Waals surface area contributed by atoms with Crippen LogP contribution in [-0.4, -0.2) is 10.8 Å². The zero-order valence-electron chi connectivity index (χ0n) is 19.5. The molecule has 0 aliphatic heterocycles. The number of carbonyl (C=O) groups is 1. The van der Waals surface area contributed by atoms with Crippen LogP contribution in [0.1, 0.15) is 33.0 Å². The number of aryl methyl sites for hydroxylation is 3. The standard InChI is InChI=1S/C27H24N2O6/c1-17-4-7-22(8-5-17)34-25-14-20(13-21(15-25)29(31)32)28-27(30)26-11-10-24(35-26)16-33-23-9-6-18(2)19(3)12-23/h4-15H,16H2,1-3H3,(H,28,30). The number of ether oxygens (including phenoxy) is 2. The van der Waals surface area contributed by atoms with Crippen molar-refractivity contribution in [2.45, 2.75) is 27.4 Å². The van der Waals surface area contributed by atoms with Gasteiger partial charge in [-0.05, 0) is 68.3 Å². The first-order valence-corrected chi connectivity index (χ1v) is 10.9. The Bertz CT molecular complexity index is 1370. The lowest BCUT2D eigenvalue weighted by atomic mass is 10.1. The molecular formula is C27H24N2O6. The van der Waals surface area contributed by atoms with Crippen LogP contribution in [0.3, 0.4) is 0 Å². The summed E-state index contributed by atoms with van der Waals surface area (Å²) in [4.78, 5) is 23.6. The molecule has 1 N–H and O–H groups in total. The maximum atomic E-state index is 12.7. The number of anilines is 1. The minimum absolute atomic E-state index is 0.0520. The van der Waals surface area contributed by atoms with Gasteiger partial charge >= 0.3 is 0 Å². The Morgan fingerprint density at radius 3 is 2.34 bits per heavy atom. The van der Waals surface area contributed by atoms with E-state index in [1.165, 1.54) is 29.8 Å². The fraction of sp³-hybridized carbons (Fsp3) is 0.148. The Hall–Kier alpha value is -4.59. The van der Waals surface area contributed by atoms with Crippen molar-refractivity contribution < 1.29 is 23.6 Å². The summed E-state index contributed by atoms with van der Waals surface area (Å²) in [6, 6.07) is 20.3. The average molecular weight is 472 g/mol. The summed E-state index contributed by atoms with van der Waals surface area (Å²) >= 11 is 0. The number of hydrogen-bond acceptors (Lipinski definition) is 6. The van der Waals surface area contributed by atoms with Crippen molar-refractivity contribution in [1.29, 1.82) is 0 Å². The number of nitro groups is 1. The van der Waals surface area contributed by atoms with Crippen molar-refractivity contribution in [3.05, 3.63) is 111 Å². The zero-order chi connectivity index (χ0) is 24.9. The number of nitro benzene ring substituents is 1. The molecule has 3 aromatic carbocycles. The van der Waals surface area contributed by atoms with Gasteiger partial charge in [0, 0.05) is 12.1 Å². The molecule has 1 aromatic heterocycles. The van der Waals surface area contributed by atoms with Crippen LogP contribution in [0.2, 0.25) is 0 Å². The van der Waals surface area contributed by atoms with Gasteiger partial charge in [0.2, 0.25) is 0 Å². The quantitative estimate of drug-likeness (QED) is 0.225. The van der Waals surface area contributed by atoms with E-state index in [1.807, 2.05) is 51.1 Å². The molecule has 0 saturated carbocycles. The predicted octanol–water partition coefficient (Wildman–Crippen LogP) is 6.74. The van der Waals surface area contributed by atoms with Crippen molar-refractivity contribution in [2.75, 3.05) is 5.32 Å². The summed E-state index contributed by atoms with van der Waals surface area (Å²) in [6.45, 7) is 6.12. The molecule has 178 valence electrons. The molecular weight excluding hydrogens is 448 g/mol. The number of non-ortho nitro benzene ring substituents is 1. The Labute approximate surface area is 202 Å². The monoisotopic (exact) mass is 472 g/mol. The number of rotatable bonds is 8. The van der Waals surface area contributed by atoms with E-state index in [1.54, 1.807) is 18.2 Å². The van der Waals surface area contributed by atoms with Crippen LogP contribution in [0, 0.1) is 30.9 Å². The largest absolute Gasteiger partial charge is 0.486 e. The minimum atomic E-state index is -0.552. The van der Waals surface area contributed by atoms with Crippen molar-refractivity contribution >= 4 is 17.3 Å². The van der Waals surface area contributed by atoms with Crippen molar-refractivity contribution in [1.82, 2.24) is 0 Å². The Morgan fingerprint density at radius 2 is 1.63 bits per heavy atom. The maximum Gasteiger partial charge on any atom is 0.291 e. The highest BCUT2D eigenvalue weighted by atomic mass is 16.6. The van der Waals surface area contributed by atoms with E-state index in [0.29, 0.717) is 17.3 Å². The third-order valence-electron chi connectivity index (χ3n) is 5.36. The van der Waals surface area contributed by atoms with Crippen molar-refractivity contribution in [3.63, 3.8) is 0 Å². The smallest absolute Gasteiger partial charge is 0.291 e. The normalized spacial score (nSPS) is 10.6. The Kier molecular flexibility index (Phi) is 6.82. The molecule has 1 amide bonds. The third-order valence-corrected chi connectivity index (χ3v) is 5.36. The molecule has 35 heavy (non-hydrogen) atoms. The Balaban J connectivity index is 1.45. The lowest BCUT2D eigenvalue weighted by Gasteiger charge is -2.09. The molecule has 8 heteroatoms. The van der Waals surface area contributed by atoms with Crippen LogP contribution in [0.15, 0.2) is 77.2 Å². The molecule has 8 nitrogen and oxygen atoms in total. The number of amides is 1. The highest BCUT2D eigenvalue weighted by Gasteiger charge is 2.16. The summed E-state index contributed by atoms with van der Waals surface area (Å²) < 4.78 is 17.1. The number of furan rings is 1. The van der Waals surface area contributed by atoms with Crippen molar-refractivity contribution in [3.8, 4) is 17.2 Å². The molecule has 0 radical (unpaired) electrons. The maximum absolute atomic E-state index is 12.7. The van der Waals surface area contributed by atoms with Gasteiger partial charge in [-0.2, -0.15) is 0 Å². The van der Waals surface area contributed by atoms with Crippen LogP contribution >= 0.6 is 0 Å². The third kappa shape index (κ3) is 6.05. The minimum Gasteiger partial charge on any atom is -0.486 e. The second kappa shape index (κ2) is 10.1. The van der Waals surface area contributed by atoms with E-state index in [0.717, 1.165) is 11.1 Å². The zero-order valence-corrected chi connectivity index (χ0v) is 19.5. The van der Waals surface area contributed by atoms with Gasteiger partial charge in [-0.1, -0.05) is 23.8 Å². The van der Waals surface area contributed by atoms with Crippen LogP contribution in [0.5, 0.6) is 17.2 Å². The van der Waals surface area contributed by atoms with E-state index in [4.69, 9.17) is 13.9 Å². The molecule has 0 fully saturated rings. The van der Waals surface area contributed by atoms with Gasteiger partial charge < -0.3 is 19.2 Å². The van der Waals surface area contributed by atoms with Crippen LogP contribution < -0.4 is 14.8 Å². The van der Waals surface area contributed by atoms with E-state index < -0.39 is 10.8 Å².